The van der Waals surface area contributed by atoms with Crippen molar-refractivity contribution in [1.29, 1.82) is 0 Å². The molecule has 1 aliphatic heterocycles. The third kappa shape index (κ3) is 7.52. The molecule has 0 unspecified atom stereocenters. The molecule has 1 saturated heterocycles. The Morgan fingerprint density at radius 3 is 2.08 bits per heavy atom. The highest BCUT2D eigenvalue weighted by Crippen LogP contribution is 2.64. The summed E-state index contributed by atoms with van der Waals surface area (Å²) >= 11 is 0. The summed E-state index contributed by atoms with van der Waals surface area (Å²) in [5, 5.41) is 28.0. The number of fused-ring (bicyclic) bond motifs is 5. The van der Waals surface area contributed by atoms with Crippen LogP contribution in [0.2, 0.25) is 0 Å². The van der Waals surface area contributed by atoms with Gasteiger partial charge >= 0.3 is 24.0 Å². The van der Waals surface area contributed by atoms with Crippen molar-refractivity contribution in [3.8, 4) is 0 Å². The number of methoxy groups -OCH3 is 2. The molecule has 3 aliphatic carbocycles. The van der Waals surface area contributed by atoms with Crippen LogP contribution in [-0.4, -0.2) is 114 Å². The Balaban J connectivity index is 1.52. The number of hydrogen-bond donors (Lipinski definition) is 3. The van der Waals surface area contributed by atoms with Crippen LogP contribution in [0.4, 0.5) is 4.79 Å². The zero-order chi connectivity index (χ0) is 44.2. The summed E-state index contributed by atoms with van der Waals surface area (Å²) in [6.07, 6.45) is -9.31. The Morgan fingerprint density at radius 2 is 1.55 bits per heavy atom. The molecular formula is C45H57NO14. The highest BCUT2D eigenvalue weighted by Gasteiger charge is 2.78. The maximum absolute atomic E-state index is 15.5. The van der Waals surface area contributed by atoms with Crippen molar-refractivity contribution in [2.45, 2.75) is 128 Å². The molecule has 2 aromatic rings. The van der Waals surface area contributed by atoms with Crippen molar-refractivity contribution >= 4 is 29.8 Å². The predicted molar refractivity (Wildman–Crippen MR) is 213 cm³/mol. The minimum absolute atomic E-state index is 0.121. The topological polar surface area (TPSA) is 202 Å². The SMILES string of the molecule is CO[C@@H]1C(=O)[C@@]2(C)[C@H]([C@H](OC(=O)c3ccccc3)[C@]3(O)C[C@H](OC(=O)[C@H](O)[C@@H](NC(=O)OC(C)(C)C)c4ccccc4)C(C)=C1C3(C)C)[C@]1(OC(C)=O)CO[C@@H]1C[C@H]2OC. The van der Waals surface area contributed by atoms with Gasteiger partial charge in [-0.25, -0.2) is 14.4 Å². The standard InChI is InChI=1S/C45H57NO14/c1-24-28(57-39(51)33(48)32(26-17-13-11-14-18-26)46-40(52)60-41(3,4)5)22-45(53)37(58-38(50)27-19-15-12-16-20-27)35-43(8,36(49)34(55-10)31(24)42(45,6)7)29(54-9)21-30-44(35,23-56-30)59-25(2)47/h11-20,28-30,32-35,37,48,53H,21-23H2,1-10H3,(H,46,52)/t28-,29+,30+,32-,33+,34-,35-,37-,43+,44-,45+/m0/s1. The quantitative estimate of drug-likeness (QED) is 0.171. The van der Waals surface area contributed by atoms with Gasteiger partial charge in [-0.2, -0.15) is 0 Å². The number of nitrogens with one attached hydrogen (secondary N) is 1. The van der Waals surface area contributed by atoms with Crippen molar-refractivity contribution in [3.05, 3.63) is 82.9 Å². The maximum Gasteiger partial charge on any atom is 0.408 e. The number of esters is 3. The molecular weight excluding hydrogens is 778 g/mol. The van der Waals surface area contributed by atoms with E-state index in [0.717, 1.165) is 0 Å². The van der Waals surface area contributed by atoms with Gasteiger partial charge in [0.2, 0.25) is 0 Å². The molecule has 60 heavy (non-hydrogen) atoms. The lowest BCUT2D eigenvalue weighted by molar-refractivity contribution is -0.347. The molecule has 15 nitrogen and oxygen atoms in total. The van der Waals surface area contributed by atoms with E-state index in [2.05, 4.69) is 5.32 Å². The van der Waals surface area contributed by atoms with Gasteiger partial charge in [-0.15, -0.1) is 0 Å². The van der Waals surface area contributed by atoms with Crippen molar-refractivity contribution in [2.24, 2.45) is 16.7 Å². The molecule has 2 aromatic carbocycles. The number of amides is 1. The second-order valence-corrected chi connectivity index (χ2v) is 18.0. The number of carbonyl (C=O) groups is 5. The van der Waals surface area contributed by atoms with Gasteiger partial charge in [0.05, 0.1) is 35.6 Å². The number of aliphatic hydroxyl groups is 2. The summed E-state index contributed by atoms with van der Waals surface area (Å²) in [5.74, 6) is -4.52. The van der Waals surface area contributed by atoms with Gasteiger partial charge in [0.1, 0.15) is 35.6 Å². The molecule has 1 heterocycles. The van der Waals surface area contributed by atoms with E-state index in [1.807, 2.05) is 0 Å². The van der Waals surface area contributed by atoms with Gasteiger partial charge in [-0.05, 0) is 63.5 Å². The lowest BCUT2D eigenvalue weighted by atomic mass is 9.44. The fourth-order valence-electron chi connectivity index (χ4n) is 10.1. The van der Waals surface area contributed by atoms with E-state index < -0.39 is 112 Å². The molecule has 3 fully saturated rings. The van der Waals surface area contributed by atoms with Gasteiger partial charge < -0.3 is 48.7 Å². The summed E-state index contributed by atoms with van der Waals surface area (Å²) in [5.41, 5.74) is -6.72. The number of carbonyl (C=O) groups excluding carboxylic acids is 5. The van der Waals surface area contributed by atoms with Crippen LogP contribution in [0.25, 0.3) is 0 Å². The number of Topliss-reactive ketones (excluding diaryl/α,β-unsaturated/α-hetero) is 1. The first-order valence-corrected chi connectivity index (χ1v) is 20.1. The Morgan fingerprint density at radius 1 is 0.933 bits per heavy atom. The second-order valence-electron chi connectivity index (χ2n) is 18.0. The Bertz CT molecular complexity index is 2010. The fraction of sp³-hybridized carbons (Fsp3) is 0.578. The van der Waals surface area contributed by atoms with E-state index in [1.165, 1.54) is 21.1 Å². The average Bonchev–Trinajstić information content (AvgIpc) is 3.18. The molecule has 0 spiro atoms. The fourth-order valence-corrected chi connectivity index (χ4v) is 10.1. The molecule has 2 bridgehead atoms. The third-order valence-electron chi connectivity index (χ3n) is 13.0. The molecule has 0 radical (unpaired) electrons. The number of alkyl carbamates (subject to hydrolysis) is 1. The Hall–Kier alpha value is -4.67. The number of benzene rings is 2. The molecule has 2 saturated carbocycles. The monoisotopic (exact) mass is 835 g/mol. The van der Waals surface area contributed by atoms with Crippen molar-refractivity contribution in [1.82, 2.24) is 5.32 Å². The Kier molecular flexibility index (Phi) is 12.2. The van der Waals surface area contributed by atoms with Gasteiger partial charge in [0.15, 0.2) is 17.5 Å². The summed E-state index contributed by atoms with van der Waals surface area (Å²) < 4.78 is 42.4. The van der Waals surface area contributed by atoms with Crippen LogP contribution in [0.1, 0.15) is 90.2 Å². The molecule has 15 heteroatoms. The third-order valence-corrected chi connectivity index (χ3v) is 13.0. The maximum atomic E-state index is 15.5. The normalized spacial score (nSPS) is 33.0. The first-order chi connectivity index (χ1) is 28.1. The number of ether oxygens (including phenoxy) is 7. The van der Waals surface area contributed by atoms with E-state index in [4.69, 9.17) is 33.2 Å². The summed E-state index contributed by atoms with van der Waals surface area (Å²) in [7, 11) is 2.78. The number of ketones is 1. The number of aliphatic hydroxyl groups excluding tert-OH is 1. The molecule has 3 N–H and O–H groups in total. The molecule has 1 amide bonds. The molecule has 4 aliphatic rings. The van der Waals surface area contributed by atoms with Crippen LogP contribution in [0.15, 0.2) is 71.8 Å². The summed E-state index contributed by atoms with van der Waals surface area (Å²) in [4.78, 5) is 70.1. The van der Waals surface area contributed by atoms with Crippen molar-refractivity contribution < 1.29 is 67.3 Å². The summed E-state index contributed by atoms with van der Waals surface area (Å²) in [6.45, 7) is 12.7. The number of hydrogen-bond acceptors (Lipinski definition) is 14. The van der Waals surface area contributed by atoms with E-state index in [1.54, 1.807) is 109 Å². The van der Waals surface area contributed by atoms with Crippen LogP contribution in [0.5, 0.6) is 0 Å². The lowest BCUT2D eigenvalue weighted by Crippen LogP contribution is -2.82. The van der Waals surface area contributed by atoms with E-state index >= 15 is 4.79 Å². The van der Waals surface area contributed by atoms with Crippen LogP contribution >= 0.6 is 0 Å². The minimum atomic E-state index is -2.22. The van der Waals surface area contributed by atoms with Crippen LogP contribution in [0, 0.1) is 16.7 Å². The van der Waals surface area contributed by atoms with E-state index in [0.29, 0.717) is 11.1 Å². The van der Waals surface area contributed by atoms with Crippen molar-refractivity contribution in [2.75, 3.05) is 20.8 Å². The van der Waals surface area contributed by atoms with Gasteiger partial charge in [0, 0.05) is 39.4 Å². The van der Waals surface area contributed by atoms with Crippen LogP contribution in [-0.2, 0) is 47.5 Å². The zero-order valence-electron chi connectivity index (χ0n) is 35.8. The zero-order valence-corrected chi connectivity index (χ0v) is 35.8. The van der Waals surface area contributed by atoms with E-state index in [-0.39, 0.29) is 24.2 Å². The molecule has 6 rings (SSSR count). The van der Waals surface area contributed by atoms with Gasteiger partial charge in [-0.3, -0.25) is 9.59 Å². The van der Waals surface area contributed by atoms with Crippen molar-refractivity contribution in [3.63, 3.8) is 0 Å². The summed E-state index contributed by atoms with van der Waals surface area (Å²) in [6, 6.07) is 15.1. The highest BCUT2D eigenvalue weighted by atomic mass is 16.6. The smallest absolute Gasteiger partial charge is 0.408 e. The molecule has 0 aromatic heterocycles. The minimum Gasteiger partial charge on any atom is -0.456 e. The highest BCUT2D eigenvalue weighted by molar-refractivity contribution is 5.94. The Labute approximate surface area is 350 Å². The lowest BCUT2D eigenvalue weighted by Gasteiger charge is -2.67. The van der Waals surface area contributed by atoms with E-state index in [9.17, 15) is 29.4 Å². The average molecular weight is 836 g/mol. The molecule has 326 valence electrons. The second kappa shape index (κ2) is 16.3. The first-order valence-electron chi connectivity index (χ1n) is 20.1. The van der Waals surface area contributed by atoms with Gasteiger partial charge in [-0.1, -0.05) is 62.4 Å². The molecule has 11 atom stereocenters. The van der Waals surface area contributed by atoms with Gasteiger partial charge in [0.25, 0.3) is 0 Å². The predicted octanol–water partition coefficient (Wildman–Crippen LogP) is 4.57. The largest absolute Gasteiger partial charge is 0.456 e. The number of rotatable bonds is 10. The van der Waals surface area contributed by atoms with Crippen LogP contribution in [0.3, 0.4) is 0 Å². The van der Waals surface area contributed by atoms with Crippen LogP contribution < -0.4 is 5.32 Å². The first kappa shape index (κ1) is 44.9.